The zero-order valence-electron chi connectivity index (χ0n) is 33.0. The molecule has 1 aromatic heterocycles. The first-order valence-electron chi connectivity index (χ1n) is 23.1. The first-order valence-corrected chi connectivity index (χ1v) is 23.1. The summed E-state index contributed by atoms with van der Waals surface area (Å²) >= 11 is 0. The van der Waals surface area contributed by atoms with E-state index in [9.17, 15) is 0 Å². The molecule has 14 rings (SSSR count). The smallest absolute Gasteiger partial charge is 0.159 e. The van der Waals surface area contributed by atoms with Crippen molar-refractivity contribution in [3.05, 3.63) is 108 Å². The van der Waals surface area contributed by atoms with Crippen LogP contribution in [0.4, 0.5) is 11.4 Å². The van der Waals surface area contributed by atoms with Crippen molar-refractivity contribution in [1.29, 1.82) is 0 Å². The summed E-state index contributed by atoms with van der Waals surface area (Å²) in [6, 6.07) is 27.5. The molecule has 3 N–H and O–H groups in total. The molecule has 5 saturated heterocycles. The van der Waals surface area contributed by atoms with Gasteiger partial charge in [0.05, 0.1) is 18.4 Å². The largest absolute Gasteiger partial charge is 0.352 e. The van der Waals surface area contributed by atoms with Gasteiger partial charge in [0, 0.05) is 71.6 Å². The van der Waals surface area contributed by atoms with Crippen LogP contribution in [0, 0.1) is 17.8 Å². The van der Waals surface area contributed by atoms with Crippen LogP contribution in [-0.2, 0) is 0 Å². The number of piperidine rings is 3. The maximum absolute atomic E-state index is 5.08. The molecular formula is C47H56BN9. The highest BCUT2D eigenvalue weighted by atomic mass is 15.5. The molecule has 0 radical (unpaired) electrons. The van der Waals surface area contributed by atoms with Crippen LogP contribution >= 0.6 is 0 Å². The summed E-state index contributed by atoms with van der Waals surface area (Å²) in [4.78, 5) is 22.1. The average molecular weight is 758 g/mol. The third-order valence-corrected chi connectivity index (χ3v) is 17.7. The van der Waals surface area contributed by atoms with Crippen molar-refractivity contribution in [2.75, 3.05) is 29.4 Å². The molecule has 9 nitrogen and oxygen atoms in total. The number of nitrogens with zero attached hydrogens (tertiary/aromatic N) is 6. The monoisotopic (exact) mass is 757 g/mol. The molecule has 9 aliphatic heterocycles. The third-order valence-electron chi connectivity index (χ3n) is 17.7. The minimum Gasteiger partial charge on any atom is -0.352 e. The first kappa shape index (κ1) is 33.0. The molecule has 14 atom stereocenters. The van der Waals surface area contributed by atoms with Gasteiger partial charge in [-0.05, 0) is 130 Å². The van der Waals surface area contributed by atoms with Gasteiger partial charge in [0.15, 0.2) is 6.71 Å². The van der Waals surface area contributed by atoms with Crippen molar-refractivity contribution in [2.24, 2.45) is 17.8 Å². The first-order chi connectivity index (χ1) is 28.3. The summed E-state index contributed by atoms with van der Waals surface area (Å²) in [6.07, 6.45) is 17.6. The van der Waals surface area contributed by atoms with E-state index < -0.39 is 0 Å². The van der Waals surface area contributed by atoms with Gasteiger partial charge in [0.2, 0.25) is 0 Å². The van der Waals surface area contributed by atoms with Crippen LogP contribution in [0.3, 0.4) is 0 Å². The van der Waals surface area contributed by atoms with Crippen molar-refractivity contribution < 1.29 is 0 Å². The lowest BCUT2D eigenvalue weighted by Gasteiger charge is -2.68. The van der Waals surface area contributed by atoms with Gasteiger partial charge in [0.1, 0.15) is 17.5 Å². The Balaban J connectivity index is 0.975. The zero-order chi connectivity index (χ0) is 36.9. The minimum atomic E-state index is 0.328. The lowest BCUT2D eigenvalue weighted by Crippen LogP contribution is -2.74. The molecule has 2 aliphatic carbocycles. The summed E-state index contributed by atoms with van der Waals surface area (Å²) in [5.74, 6) is 8.52. The van der Waals surface area contributed by atoms with Gasteiger partial charge in [-0.2, -0.15) is 0 Å². The predicted molar refractivity (Wildman–Crippen MR) is 225 cm³/mol. The Morgan fingerprint density at radius 3 is 1.84 bits per heavy atom. The number of benzene rings is 2. The highest BCUT2D eigenvalue weighted by Crippen LogP contribution is 2.69. The van der Waals surface area contributed by atoms with Gasteiger partial charge in [-0.15, -0.1) is 0 Å². The Kier molecular flexibility index (Phi) is 7.15. The summed E-state index contributed by atoms with van der Waals surface area (Å²) in [5, 5.41) is 12.5. The van der Waals surface area contributed by atoms with E-state index in [4.69, 9.17) is 9.97 Å². The summed E-state index contributed by atoms with van der Waals surface area (Å²) in [5.41, 5.74) is 6.31. The maximum atomic E-state index is 5.08. The lowest BCUT2D eigenvalue weighted by molar-refractivity contribution is 0.0120. The molecule has 0 spiro atoms. The van der Waals surface area contributed by atoms with Crippen LogP contribution in [-0.4, -0.2) is 88.7 Å². The highest BCUT2D eigenvalue weighted by Gasteiger charge is 2.72. The average Bonchev–Trinajstić information content (AvgIpc) is 4.00. The quantitative estimate of drug-likeness (QED) is 0.265. The van der Waals surface area contributed by atoms with Crippen LogP contribution < -0.4 is 25.8 Å². The van der Waals surface area contributed by atoms with Crippen LogP contribution in [0.1, 0.15) is 76.0 Å². The Morgan fingerprint density at radius 1 is 0.561 bits per heavy atom. The molecule has 2 saturated carbocycles. The van der Waals surface area contributed by atoms with Gasteiger partial charge < -0.3 is 24.9 Å². The van der Waals surface area contributed by atoms with Crippen LogP contribution in [0.2, 0.25) is 17.5 Å². The maximum Gasteiger partial charge on any atom is 0.159 e. The molecular weight excluding hydrogens is 701 g/mol. The number of hydrogen-bond acceptors (Lipinski definition) is 9. The molecule has 3 aromatic rings. The Bertz CT molecular complexity index is 2000. The topological polar surface area (TPSA) is 74.8 Å². The number of nitrogens with one attached hydrogen (secondary N) is 3. The van der Waals surface area contributed by atoms with Crippen molar-refractivity contribution in [1.82, 2.24) is 35.7 Å². The minimum absolute atomic E-state index is 0.328. The van der Waals surface area contributed by atoms with Crippen LogP contribution in [0.15, 0.2) is 102 Å². The normalized spacial score (nSPS) is 42.0. The molecule has 10 heterocycles. The van der Waals surface area contributed by atoms with E-state index in [1.54, 1.807) is 17.2 Å². The number of fused-ring (bicyclic) bond motifs is 12. The second kappa shape index (κ2) is 12.3. The number of anilines is 2. The van der Waals surface area contributed by atoms with Crippen molar-refractivity contribution in [2.45, 2.75) is 130 Å². The predicted octanol–water partition coefficient (Wildman–Crippen LogP) is 6.37. The molecule has 292 valence electrons. The van der Waals surface area contributed by atoms with Gasteiger partial charge in [-0.3, -0.25) is 10.6 Å². The van der Waals surface area contributed by atoms with Gasteiger partial charge in [-0.1, -0.05) is 49.2 Å². The number of aromatic nitrogens is 2. The fraction of sp³-hybridized carbons (Fsp3) is 0.574. The number of para-hydroxylation sites is 2. The molecule has 10 heteroatoms. The lowest BCUT2D eigenvalue weighted by atomic mass is 9.18. The van der Waals surface area contributed by atoms with Crippen LogP contribution in [0.5, 0.6) is 0 Å². The van der Waals surface area contributed by atoms with Crippen molar-refractivity contribution in [3.63, 3.8) is 0 Å². The van der Waals surface area contributed by atoms with Gasteiger partial charge in [-0.25, -0.2) is 9.97 Å². The molecule has 0 bridgehead atoms. The van der Waals surface area contributed by atoms with E-state index in [2.05, 4.69) is 96.2 Å². The second-order valence-corrected chi connectivity index (χ2v) is 19.7. The summed E-state index contributed by atoms with van der Waals surface area (Å²) in [7, 11) is 0. The standard InChI is InChI=1S/C47H56BN9/c1-3-11-28(12-4-1)54-44-31(16-8-20-52-44)37-30-15-7-18-33-41(30)56(46(37)54)35-25-27(43-50-22-10-23-51-43)26-36-39(35)48(33)34-19-24-49-40-38-32-17-9-21-53-45(32)55(29-13-5-2-6-14-29)47(38)57(36)42(34)40/h1-6,10-14,22-23,27,30-36,39-42,44-45,49,52-53H,7-9,15-21,24-26H2. The van der Waals surface area contributed by atoms with E-state index in [0.717, 1.165) is 56.6 Å². The Morgan fingerprint density at radius 2 is 1.16 bits per heavy atom. The molecule has 14 unspecified atom stereocenters. The van der Waals surface area contributed by atoms with Crippen molar-refractivity contribution in [3.8, 4) is 0 Å². The second-order valence-electron chi connectivity index (χ2n) is 19.7. The van der Waals surface area contributed by atoms with E-state index in [0.29, 0.717) is 72.0 Å². The van der Waals surface area contributed by atoms with E-state index >= 15 is 0 Å². The molecule has 11 aliphatic rings. The molecule has 2 aromatic carbocycles. The summed E-state index contributed by atoms with van der Waals surface area (Å²) < 4.78 is 0. The molecule has 0 amide bonds. The highest BCUT2D eigenvalue weighted by molar-refractivity contribution is 6.65. The van der Waals surface area contributed by atoms with E-state index in [-0.39, 0.29) is 0 Å². The summed E-state index contributed by atoms with van der Waals surface area (Å²) in [6.45, 7) is 4.14. The van der Waals surface area contributed by atoms with E-state index in [1.165, 1.54) is 62.7 Å². The number of hydrogen-bond donors (Lipinski definition) is 3. The van der Waals surface area contributed by atoms with Gasteiger partial charge in [0.25, 0.3) is 0 Å². The van der Waals surface area contributed by atoms with Crippen molar-refractivity contribution >= 4 is 18.1 Å². The van der Waals surface area contributed by atoms with Crippen LogP contribution in [0.25, 0.3) is 0 Å². The fourth-order valence-electron chi connectivity index (χ4n) is 16.3. The molecule has 57 heavy (non-hydrogen) atoms. The third kappa shape index (κ3) is 4.32. The van der Waals surface area contributed by atoms with Gasteiger partial charge >= 0.3 is 0 Å². The SMILES string of the molecule is c1ccc(N2C3=C(C4CCCNC42)C2CCCC4B5C6CCNC7C8=C(N(c9ccccc9)C9NCCCC89)N(C8CC(c9ncccn9)CC(C58)N3C42)C67)cc1. The Labute approximate surface area is 337 Å². The zero-order valence-corrected chi connectivity index (χ0v) is 33.0. The number of rotatable bonds is 3. The molecule has 7 fully saturated rings. The van der Waals surface area contributed by atoms with E-state index in [1.807, 2.05) is 24.0 Å². The Hall–Kier alpha value is -3.86. The fourth-order valence-corrected chi connectivity index (χ4v) is 16.3.